The van der Waals surface area contributed by atoms with Gasteiger partial charge in [-0.15, -0.1) is 0 Å². The van der Waals surface area contributed by atoms with Gasteiger partial charge in [-0.25, -0.2) is 0 Å². The third kappa shape index (κ3) is 5.63. The highest BCUT2D eigenvalue weighted by atomic mass is 16.2. The van der Waals surface area contributed by atoms with E-state index in [0.717, 1.165) is 32.2 Å². The average molecular weight is 256 g/mol. The van der Waals surface area contributed by atoms with Crippen molar-refractivity contribution >= 4 is 11.7 Å². The number of carbonyl (C=O) groups excluding carboxylic acids is 2. The zero-order valence-corrected chi connectivity index (χ0v) is 12.5. The van der Waals surface area contributed by atoms with Crippen molar-refractivity contribution < 1.29 is 9.59 Å². The Bertz CT molecular complexity index is 267. The van der Waals surface area contributed by atoms with E-state index >= 15 is 0 Å². The second-order valence-electron chi connectivity index (χ2n) is 4.81. The first-order valence-electron chi connectivity index (χ1n) is 6.98. The van der Waals surface area contributed by atoms with Crippen molar-refractivity contribution in [1.29, 1.82) is 0 Å². The summed E-state index contributed by atoms with van der Waals surface area (Å²) >= 11 is 0. The molecule has 0 saturated heterocycles. The third-order valence-electron chi connectivity index (χ3n) is 3.37. The van der Waals surface area contributed by atoms with Crippen molar-refractivity contribution in [3.63, 3.8) is 0 Å². The van der Waals surface area contributed by atoms with Gasteiger partial charge >= 0.3 is 0 Å². The van der Waals surface area contributed by atoms with Gasteiger partial charge in [-0.2, -0.15) is 0 Å². The van der Waals surface area contributed by atoms with E-state index in [0.29, 0.717) is 0 Å². The molecule has 0 aliphatic rings. The van der Waals surface area contributed by atoms with Crippen LogP contribution in [-0.2, 0) is 9.59 Å². The number of unbranched alkanes of at least 4 members (excludes halogenated alkanes) is 1. The summed E-state index contributed by atoms with van der Waals surface area (Å²) in [5.41, 5.74) is 0. The Kier molecular flexibility index (Phi) is 8.63. The fourth-order valence-corrected chi connectivity index (χ4v) is 1.97. The Hall–Kier alpha value is -0.900. The number of rotatable bonds is 9. The summed E-state index contributed by atoms with van der Waals surface area (Å²) in [4.78, 5) is 25.7. The molecule has 2 unspecified atom stereocenters. The third-order valence-corrected chi connectivity index (χ3v) is 3.37. The maximum Gasteiger partial charge on any atom is 0.237 e. The van der Waals surface area contributed by atoms with E-state index in [1.54, 1.807) is 6.92 Å². The summed E-state index contributed by atoms with van der Waals surface area (Å²) in [7, 11) is 1.93. The molecule has 1 amide bonds. The molecule has 0 aromatic rings. The highest BCUT2D eigenvalue weighted by molar-refractivity contribution is 5.89. The van der Waals surface area contributed by atoms with Crippen molar-refractivity contribution in [2.45, 2.75) is 65.5 Å². The number of ketones is 1. The van der Waals surface area contributed by atoms with Gasteiger partial charge < -0.3 is 5.32 Å². The van der Waals surface area contributed by atoms with Gasteiger partial charge in [0.05, 0.1) is 12.1 Å². The van der Waals surface area contributed by atoms with Gasteiger partial charge in [0.15, 0.2) is 5.78 Å². The maximum absolute atomic E-state index is 12.1. The van der Waals surface area contributed by atoms with Crippen molar-refractivity contribution in [3.05, 3.63) is 0 Å². The lowest BCUT2D eigenvalue weighted by Gasteiger charge is -2.26. The Morgan fingerprint density at radius 3 is 2.22 bits per heavy atom. The van der Waals surface area contributed by atoms with Crippen LogP contribution in [0.4, 0.5) is 0 Å². The average Bonchev–Trinajstić information content (AvgIpc) is 2.34. The lowest BCUT2D eigenvalue weighted by atomic mass is 10.1. The molecule has 0 spiro atoms. The number of nitrogens with zero attached hydrogens (tertiary/aromatic N) is 1. The number of Topliss-reactive ketones (excluding diaryl/α,β-unsaturated/α-hetero) is 1. The van der Waals surface area contributed by atoms with Crippen molar-refractivity contribution in [1.82, 2.24) is 10.2 Å². The number of likely N-dealkylation sites (N-methyl/N-ethyl adjacent to an activating group) is 1. The molecular weight excluding hydrogens is 228 g/mol. The van der Waals surface area contributed by atoms with E-state index in [9.17, 15) is 9.59 Å². The molecule has 18 heavy (non-hydrogen) atoms. The number of amides is 1. The van der Waals surface area contributed by atoms with Crippen LogP contribution in [0.1, 0.15) is 53.4 Å². The molecule has 0 radical (unpaired) electrons. The molecule has 0 aliphatic heterocycles. The highest BCUT2D eigenvalue weighted by Gasteiger charge is 2.24. The zero-order chi connectivity index (χ0) is 14.1. The number of nitrogens with one attached hydrogen (secondary N) is 1. The molecule has 0 heterocycles. The maximum atomic E-state index is 12.1. The Labute approximate surface area is 111 Å². The van der Waals surface area contributed by atoms with E-state index in [4.69, 9.17) is 0 Å². The van der Waals surface area contributed by atoms with Crippen LogP contribution in [0.15, 0.2) is 0 Å². The molecule has 0 aromatic heterocycles. The van der Waals surface area contributed by atoms with E-state index < -0.39 is 0 Å². The van der Waals surface area contributed by atoms with Crippen LogP contribution in [0, 0.1) is 0 Å². The van der Waals surface area contributed by atoms with Gasteiger partial charge in [0.25, 0.3) is 0 Å². The van der Waals surface area contributed by atoms with Crippen LogP contribution in [0.25, 0.3) is 0 Å². The molecular formula is C14H28N2O2. The molecule has 4 heteroatoms. The topological polar surface area (TPSA) is 49.4 Å². The summed E-state index contributed by atoms with van der Waals surface area (Å²) in [5, 5.41) is 2.89. The van der Waals surface area contributed by atoms with Crippen LogP contribution >= 0.6 is 0 Å². The van der Waals surface area contributed by atoms with Gasteiger partial charge in [0, 0.05) is 0 Å². The fourth-order valence-electron chi connectivity index (χ4n) is 1.97. The Morgan fingerprint density at radius 1 is 1.22 bits per heavy atom. The van der Waals surface area contributed by atoms with Crippen LogP contribution in [-0.4, -0.2) is 42.3 Å². The predicted octanol–water partition coefficient (Wildman–Crippen LogP) is 1.98. The normalized spacial score (nSPS) is 14.3. The molecule has 0 saturated carbocycles. The van der Waals surface area contributed by atoms with Crippen LogP contribution in [0.3, 0.4) is 0 Å². The fraction of sp³-hybridized carbons (Fsp3) is 0.857. The van der Waals surface area contributed by atoms with E-state index in [-0.39, 0.29) is 23.8 Å². The molecule has 0 rings (SSSR count). The summed E-state index contributed by atoms with van der Waals surface area (Å²) in [5.74, 6) is 0.0176. The SMILES string of the molecule is CCCCC(NC(=O)C(CC)N(C)CC)C(C)=O. The van der Waals surface area contributed by atoms with Gasteiger partial charge in [0.1, 0.15) is 0 Å². The standard InChI is InChI=1S/C14H28N2O2/c1-6-9-10-12(11(4)17)15-14(18)13(7-2)16(5)8-3/h12-13H,6-10H2,1-5H3,(H,15,18). The molecule has 4 nitrogen and oxygen atoms in total. The minimum absolute atomic E-state index is 0.0295. The summed E-state index contributed by atoms with van der Waals surface area (Å²) in [6.07, 6.45) is 3.50. The second kappa shape index (κ2) is 9.09. The zero-order valence-electron chi connectivity index (χ0n) is 12.5. The van der Waals surface area contributed by atoms with Gasteiger partial charge in [-0.05, 0) is 33.4 Å². The molecule has 0 fully saturated rings. The summed E-state index contributed by atoms with van der Waals surface area (Å²) < 4.78 is 0. The Balaban J connectivity index is 4.51. The molecule has 2 atom stereocenters. The molecule has 0 aromatic carbocycles. The molecule has 106 valence electrons. The van der Waals surface area contributed by atoms with E-state index in [1.807, 2.05) is 25.8 Å². The van der Waals surface area contributed by atoms with Crippen LogP contribution in [0.2, 0.25) is 0 Å². The number of hydrogen-bond acceptors (Lipinski definition) is 3. The van der Waals surface area contributed by atoms with E-state index in [2.05, 4.69) is 12.2 Å². The second-order valence-corrected chi connectivity index (χ2v) is 4.81. The lowest BCUT2D eigenvalue weighted by Crippen LogP contribution is -2.50. The van der Waals surface area contributed by atoms with Gasteiger partial charge in [0.2, 0.25) is 5.91 Å². The largest absolute Gasteiger partial charge is 0.345 e. The first kappa shape index (κ1) is 17.1. The smallest absolute Gasteiger partial charge is 0.237 e. The highest BCUT2D eigenvalue weighted by Crippen LogP contribution is 2.06. The first-order chi connectivity index (χ1) is 8.47. The lowest BCUT2D eigenvalue weighted by molar-refractivity contribution is -0.130. The van der Waals surface area contributed by atoms with Crippen molar-refractivity contribution in [2.24, 2.45) is 0 Å². The monoisotopic (exact) mass is 256 g/mol. The minimum atomic E-state index is -0.322. The molecule has 1 N–H and O–H groups in total. The minimum Gasteiger partial charge on any atom is -0.345 e. The number of carbonyl (C=O) groups is 2. The van der Waals surface area contributed by atoms with Crippen LogP contribution in [0.5, 0.6) is 0 Å². The molecule has 0 bridgehead atoms. The Morgan fingerprint density at radius 2 is 1.83 bits per heavy atom. The van der Waals surface area contributed by atoms with Gasteiger partial charge in [-0.3, -0.25) is 14.5 Å². The molecule has 0 aliphatic carbocycles. The summed E-state index contributed by atoms with van der Waals surface area (Å²) in [6, 6.07) is -0.463. The summed E-state index contributed by atoms with van der Waals surface area (Å²) in [6.45, 7) is 8.47. The predicted molar refractivity (Wildman–Crippen MR) is 74.5 cm³/mol. The van der Waals surface area contributed by atoms with E-state index in [1.165, 1.54) is 0 Å². The quantitative estimate of drug-likeness (QED) is 0.686. The number of hydrogen-bond donors (Lipinski definition) is 1. The van der Waals surface area contributed by atoms with Crippen molar-refractivity contribution in [3.8, 4) is 0 Å². The van der Waals surface area contributed by atoms with Crippen LogP contribution < -0.4 is 5.32 Å². The first-order valence-corrected chi connectivity index (χ1v) is 6.98. The van der Waals surface area contributed by atoms with Crippen molar-refractivity contribution in [2.75, 3.05) is 13.6 Å². The van der Waals surface area contributed by atoms with Gasteiger partial charge in [-0.1, -0.05) is 33.6 Å².